The second kappa shape index (κ2) is 9.29. The average Bonchev–Trinajstić information content (AvgIpc) is 3.13. The van der Waals surface area contributed by atoms with E-state index in [1.807, 2.05) is 30.7 Å². The topological polar surface area (TPSA) is 72.5 Å². The number of hydrogen-bond acceptors (Lipinski definition) is 5. The molecule has 1 atom stereocenters. The number of amides is 1. The SMILES string of the molecule is CC(C)C(=O)Nc1ccc(C(=O)[C@@H](C)OC(=O)CCc2ccsc2)cc1. The van der Waals surface area contributed by atoms with Crippen molar-refractivity contribution in [1.82, 2.24) is 0 Å². The van der Waals surface area contributed by atoms with Gasteiger partial charge in [0, 0.05) is 23.6 Å². The average molecular weight is 373 g/mol. The third kappa shape index (κ3) is 5.81. The van der Waals surface area contributed by atoms with E-state index in [9.17, 15) is 14.4 Å². The van der Waals surface area contributed by atoms with E-state index in [4.69, 9.17) is 4.74 Å². The van der Waals surface area contributed by atoms with Crippen LogP contribution in [-0.2, 0) is 20.7 Å². The number of ether oxygens (including phenoxy) is 1. The van der Waals surface area contributed by atoms with Gasteiger partial charge in [0.25, 0.3) is 0 Å². The highest BCUT2D eigenvalue weighted by molar-refractivity contribution is 7.07. The van der Waals surface area contributed by atoms with Crippen molar-refractivity contribution in [2.75, 3.05) is 5.32 Å². The number of esters is 1. The molecular formula is C20H23NO4S. The van der Waals surface area contributed by atoms with Crippen molar-refractivity contribution in [2.24, 2.45) is 5.92 Å². The number of ketones is 1. The van der Waals surface area contributed by atoms with Crippen LogP contribution in [0.25, 0.3) is 0 Å². The zero-order valence-electron chi connectivity index (χ0n) is 15.2. The quantitative estimate of drug-likeness (QED) is 0.559. The van der Waals surface area contributed by atoms with E-state index in [2.05, 4.69) is 5.32 Å². The van der Waals surface area contributed by atoms with E-state index in [1.54, 1.807) is 42.5 Å². The summed E-state index contributed by atoms with van der Waals surface area (Å²) < 4.78 is 5.24. The van der Waals surface area contributed by atoms with Crippen molar-refractivity contribution in [3.8, 4) is 0 Å². The predicted molar refractivity (Wildman–Crippen MR) is 102 cm³/mol. The molecule has 0 unspecified atom stereocenters. The van der Waals surface area contributed by atoms with Gasteiger partial charge < -0.3 is 10.1 Å². The summed E-state index contributed by atoms with van der Waals surface area (Å²) in [5, 5.41) is 6.71. The molecule has 0 aliphatic carbocycles. The largest absolute Gasteiger partial charge is 0.454 e. The Balaban J connectivity index is 1.86. The molecule has 2 rings (SSSR count). The lowest BCUT2D eigenvalue weighted by molar-refractivity contribution is -0.146. The molecule has 1 aromatic carbocycles. The number of hydrogen-bond donors (Lipinski definition) is 1. The Labute approximate surface area is 157 Å². The molecule has 5 nitrogen and oxygen atoms in total. The molecule has 0 aliphatic rings. The second-order valence-electron chi connectivity index (χ2n) is 6.35. The molecular weight excluding hydrogens is 350 g/mol. The number of nitrogens with one attached hydrogen (secondary N) is 1. The van der Waals surface area contributed by atoms with Gasteiger partial charge in [0.1, 0.15) is 0 Å². The minimum absolute atomic E-state index is 0.0861. The molecule has 26 heavy (non-hydrogen) atoms. The van der Waals surface area contributed by atoms with Crippen LogP contribution in [-0.4, -0.2) is 23.8 Å². The summed E-state index contributed by atoms with van der Waals surface area (Å²) in [5.41, 5.74) is 2.15. The van der Waals surface area contributed by atoms with Crippen LogP contribution < -0.4 is 5.32 Å². The van der Waals surface area contributed by atoms with E-state index >= 15 is 0 Å². The fourth-order valence-corrected chi connectivity index (χ4v) is 2.93. The van der Waals surface area contributed by atoms with Crippen LogP contribution in [0.4, 0.5) is 5.69 Å². The van der Waals surface area contributed by atoms with E-state index in [0.717, 1.165) is 5.56 Å². The first-order valence-corrected chi connectivity index (χ1v) is 9.46. The minimum atomic E-state index is -0.846. The van der Waals surface area contributed by atoms with Gasteiger partial charge in [-0.05, 0) is 60.0 Å². The molecule has 1 N–H and O–H groups in total. The van der Waals surface area contributed by atoms with Gasteiger partial charge in [0.05, 0.1) is 0 Å². The number of rotatable bonds is 8. The van der Waals surface area contributed by atoms with Crippen molar-refractivity contribution in [2.45, 2.75) is 39.7 Å². The monoisotopic (exact) mass is 373 g/mol. The van der Waals surface area contributed by atoms with Crippen LogP contribution in [0.5, 0.6) is 0 Å². The Bertz CT molecular complexity index is 751. The molecule has 0 bridgehead atoms. The fourth-order valence-electron chi connectivity index (χ4n) is 2.23. The fraction of sp³-hybridized carbons (Fsp3) is 0.350. The van der Waals surface area contributed by atoms with Crippen LogP contribution in [0, 0.1) is 5.92 Å². The van der Waals surface area contributed by atoms with Crippen molar-refractivity contribution < 1.29 is 19.1 Å². The summed E-state index contributed by atoms with van der Waals surface area (Å²) in [6.45, 7) is 5.18. The van der Waals surface area contributed by atoms with Crippen LogP contribution in [0.2, 0.25) is 0 Å². The molecule has 0 spiro atoms. The zero-order valence-corrected chi connectivity index (χ0v) is 16.0. The number of anilines is 1. The standard InChI is InChI=1S/C20H23NO4S/c1-13(2)20(24)21-17-7-5-16(6-8-17)19(23)14(3)25-18(22)9-4-15-10-11-26-12-15/h5-8,10-14H,4,9H2,1-3H3,(H,21,24)/t14-/m1/s1. The summed E-state index contributed by atoms with van der Waals surface area (Å²) >= 11 is 1.58. The molecule has 1 heterocycles. The summed E-state index contributed by atoms with van der Waals surface area (Å²) in [7, 11) is 0. The molecule has 6 heteroatoms. The predicted octanol–water partition coefficient (Wildman–Crippen LogP) is 4.09. The Morgan fingerprint density at radius 3 is 2.35 bits per heavy atom. The van der Waals surface area contributed by atoms with Gasteiger partial charge in [-0.3, -0.25) is 14.4 Å². The van der Waals surface area contributed by atoms with Crippen LogP contribution in [0.3, 0.4) is 0 Å². The highest BCUT2D eigenvalue weighted by Crippen LogP contribution is 2.14. The van der Waals surface area contributed by atoms with E-state index < -0.39 is 12.1 Å². The van der Waals surface area contributed by atoms with E-state index in [-0.39, 0.29) is 24.0 Å². The molecule has 0 saturated carbocycles. The van der Waals surface area contributed by atoms with Crippen LogP contribution in [0.15, 0.2) is 41.1 Å². The molecule has 1 aromatic heterocycles. The molecule has 1 amide bonds. The lowest BCUT2D eigenvalue weighted by Gasteiger charge is -2.13. The van der Waals surface area contributed by atoms with Gasteiger partial charge in [-0.2, -0.15) is 11.3 Å². The van der Waals surface area contributed by atoms with Gasteiger partial charge in [-0.15, -0.1) is 0 Å². The Hall–Kier alpha value is -2.47. The third-order valence-electron chi connectivity index (χ3n) is 3.84. The van der Waals surface area contributed by atoms with E-state index in [1.165, 1.54) is 0 Å². The first kappa shape index (κ1) is 19.8. The molecule has 0 fully saturated rings. The number of aryl methyl sites for hydroxylation is 1. The maximum atomic E-state index is 12.4. The molecule has 2 aromatic rings. The molecule has 0 saturated heterocycles. The van der Waals surface area contributed by atoms with Gasteiger partial charge in [0.15, 0.2) is 6.10 Å². The maximum absolute atomic E-state index is 12.4. The Morgan fingerprint density at radius 1 is 1.08 bits per heavy atom. The number of thiophene rings is 1. The molecule has 138 valence electrons. The zero-order chi connectivity index (χ0) is 19.1. The molecule has 0 aliphatic heterocycles. The Morgan fingerprint density at radius 2 is 1.77 bits per heavy atom. The summed E-state index contributed by atoms with van der Waals surface area (Å²) in [6.07, 6.45) is 0.00300. The van der Waals surface area contributed by atoms with Gasteiger partial charge in [0.2, 0.25) is 11.7 Å². The minimum Gasteiger partial charge on any atom is -0.454 e. The lowest BCUT2D eigenvalue weighted by Crippen LogP contribution is -2.24. The van der Waals surface area contributed by atoms with Crippen molar-refractivity contribution in [1.29, 1.82) is 0 Å². The third-order valence-corrected chi connectivity index (χ3v) is 4.57. The van der Waals surface area contributed by atoms with Crippen molar-refractivity contribution >= 4 is 34.7 Å². The summed E-state index contributed by atoms with van der Waals surface area (Å²) in [5.74, 6) is -0.865. The maximum Gasteiger partial charge on any atom is 0.306 e. The van der Waals surface area contributed by atoms with Crippen molar-refractivity contribution in [3.63, 3.8) is 0 Å². The van der Waals surface area contributed by atoms with Gasteiger partial charge >= 0.3 is 5.97 Å². The highest BCUT2D eigenvalue weighted by atomic mass is 32.1. The Kier molecular flexibility index (Phi) is 7.09. The van der Waals surface area contributed by atoms with Gasteiger partial charge in [-0.1, -0.05) is 13.8 Å². The first-order valence-electron chi connectivity index (χ1n) is 8.52. The highest BCUT2D eigenvalue weighted by Gasteiger charge is 2.19. The number of carbonyl (C=O) groups excluding carboxylic acids is 3. The molecule has 0 radical (unpaired) electrons. The van der Waals surface area contributed by atoms with Crippen molar-refractivity contribution in [3.05, 3.63) is 52.2 Å². The number of Topliss-reactive ketones (excluding diaryl/α,β-unsaturated/α-hetero) is 1. The number of benzene rings is 1. The number of carbonyl (C=O) groups is 3. The summed E-state index contributed by atoms with van der Waals surface area (Å²) in [6, 6.07) is 8.53. The van der Waals surface area contributed by atoms with Crippen LogP contribution >= 0.6 is 11.3 Å². The summed E-state index contributed by atoms with van der Waals surface area (Å²) in [4.78, 5) is 36.0. The van der Waals surface area contributed by atoms with Crippen LogP contribution in [0.1, 0.15) is 43.1 Å². The normalized spacial score (nSPS) is 11.8. The second-order valence-corrected chi connectivity index (χ2v) is 7.13. The first-order chi connectivity index (χ1) is 12.4. The lowest BCUT2D eigenvalue weighted by atomic mass is 10.1. The smallest absolute Gasteiger partial charge is 0.306 e. The van der Waals surface area contributed by atoms with E-state index in [0.29, 0.717) is 17.7 Å². The van der Waals surface area contributed by atoms with Gasteiger partial charge in [-0.25, -0.2) is 0 Å².